The van der Waals surface area contributed by atoms with Gasteiger partial charge in [-0.2, -0.15) is 9.50 Å². The van der Waals surface area contributed by atoms with Gasteiger partial charge in [-0.25, -0.2) is 4.98 Å². The highest BCUT2D eigenvalue weighted by Crippen LogP contribution is 2.39. The minimum atomic E-state index is -0.231. The van der Waals surface area contributed by atoms with E-state index in [0.717, 1.165) is 35.6 Å². The third-order valence-corrected chi connectivity index (χ3v) is 6.20. The van der Waals surface area contributed by atoms with Gasteiger partial charge >= 0.3 is 0 Å². The molecule has 0 radical (unpaired) electrons. The number of aromatic amines is 1. The van der Waals surface area contributed by atoms with E-state index in [1.807, 2.05) is 56.3 Å². The first kappa shape index (κ1) is 23.7. The molecule has 0 spiro atoms. The number of hydrogen-bond donors (Lipinski definition) is 2. The van der Waals surface area contributed by atoms with Crippen LogP contribution in [0.4, 0.5) is 5.69 Å². The number of rotatable bonds is 11. The Balaban J connectivity index is 1.32. The van der Waals surface area contributed by atoms with Crippen molar-refractivity contribution in [2.24, 2.45) is 5.92 Å². The average molecular weight is 490 g/mol. The summed E-state index contributed by atoms with van der Waals surface area (Å²) >= 11 is 0. The summed E-state index contributed by atoms with van der Waals surface area (Å²) in [6.45, 7) is 7.55. The molecule has 2 N–H and O–H groups in total. The molecule has 5 rings (SSSR count). The number of H-pyrrole nitrogens is 1. The molecule has 2 aromatic carbocycles. The van der Waals surface area contributed by atoms with Crippen LogP contribution in [0.5, 0.6) is 17.2 Å². The number of benzene rings is 2. The van der Waals surface area contributed by atoms with Crippen LogP contribution in [0.1, 0.15) is 39.3 Å². The number of anilines is 1. The second-order valence-electron chi connectivity index (χ2n) is 8.76. The normalized spacial score (nSPS) is 16.6. The fourth-order valence-electron chi connectivity index (χ4n) is 4.17. The topological polar surface area (TPSA) is 103 Å². The highest BCUT2D eigenvalue weighted by Gasteiger charge is 2.37. The predicted octanol–water partition coefficient (Wildman–Crippen LogP) is 4.67. The van der Waals surface area contributed by atoms with Crippen LogP contribution in [0.25, 0.3) is 17.2 Å². The monoisotopic (exact) mass is 489 g/mol. The summed E-state index contributed by atoms with van der Waals surface area (Å²) in [5.74, 6) is 3.81. The predicted molar refractivity (Wildman–Crippen MR) is 138 cm³/mol. The maximum absolute atomic E-state index is 12.7. The highest BCUT2D eigenvalue weighted by molar-refractivity contribution is 5.60. The zero-order chi connectivity index (χ0) is 25.1. The van der Waals surface area contributed by atoms with Gasteiger partial charge in [0.1, 0.15) is 23.4 Å². The SMILES string of the molecule is CCOc1ccc(-c2nc3nc(CNc4ccc(OC5CC5CC)cc4OCC)cc(=O)n3[nH]2)cc1. The molecule has 2 unspecified atom stereocenters. The summed E-state index contributed by atoms with van der Waals surface area (Å²) in [6.07, 6.45) is 2.54. The summed E-state index contributed by atoms with van der Waals surface area (Å²) in [5, 5.41) is 6.36. The highest BCUT2D eigenvalue weighted by atomic mass is 16.5. The Kier molecular flexibility index (Phi) is 6.79. The van der Waals surface area contributed by atoms with E-state index in [1.54, 1.807) is 0 Å². The van der Waals surface area contributed by atoms with E-state index >= 15 is 0 Å². The average Bonchev–Trinajstić information content (AvgIpc) is 3.49. The lowest BCUT2D eigenvalue weighted by molar-refractivity contribution is 0.279. The van der Waals surface area contributed by atoms with Crippen molar-refractivity contribution in [3.8, 4) is 28.6 Å². The fourth-order valence-corrected chi connectivity index (χ4v) is 4.17. The number of hydrogen-bond acceptors (Lipinski definition) is 7. The van der Waals surface area contributed by atoms with E-state index in [2.05, 4.69) is 27.3 Å². The van der Waals surface area contributed by atoms with Crippen molar-refractivity contribution in [1.29, 1.82) is 0 Å². The second-order valence-corrected chi connectivity index (χ2v) is 8.76. The number of ether oxygens (including phenoxy) is 3. The molecule has 1 saturated carbocycles. The van der Waals surface area contributed by atoms with E-state index in [-0.39, 0.29) is 5.56 Å². The molecule has 188 valence electrons. The zero-order valence-electron chi connectivity index (χ0n) is 20.8. The largest absolute Gasteiger partial charge is 0.494 e. The smallest absolute Gasteiger partial charge is 0.274 e. The standard InChI is InChI=1S/C27H31N5O4/c1-4-17-13-23(17)36-21-11-12-22(24(15-21)35-6-3)28-16-19-14-25(33)32-27(29-19)30-26(31-32)18-7-9-20(10-8-18)34-5-2/h7-12,14-15,17,23,28H,4-6,13,16H2,1-3H3,(H,29,30,31). The lowest BCUT2D eigenvalue weighted by Gasteiger charge is -2.14. The van der Waals surface area contributed by atoms with Gasteiger partial charge in [0.25, 0.3) is 11.3 Å². The van der Waals surface area contributed by atoms with Crippen LogP contribution in [-0.2, 0) is 6.54 Å². The van der Waals surface area contributed by atoms with Gasteiger partial charge in [0.15, 0.2) is 5.82 Å². The summed E-state index contributed by atoms with van der Waals surface area (Å²) in [5.41, 5.74) is 2.00. The van der Waals surface area contributed by atoms with Gasteiger partial charge in [0.05, 0.1) is 31.1 Å². The Morgan fingerprint density at radius 1 is 1.00 bits per heavy atom. The van der Waals surface area contributed by atoms with Crippen molar-refractivity contribution in [2.45, 2.75) is 46.3 Å². The molecular formula is C27H31N5O4. The van der Waals surface area contributed by atoms with Crippen molar-refractivity contribution in [3.63, 3.8) is 0 Å². The van der Waals surface area contributed by atoms with Crippen LogP contribution in [-0.4, -0.2) is 38.9 Å². The molecule has 2 atom stereocenters. The molecule has 1 fully saturated rings. The maximum Gasteiger partial charge on any atom is 0.274 e. The number of fused-ring (bicyclic) bond motifs is 1. The summed E-state index contributed by atoms with van der Waals surface area (Å²) in [4.78, 5) is 21.8. The first-order valence-corrected chi connectivity index (χ1v) is 12.5. The molecule has 0 bridgehead atoms. The Bertz CT molecular complexity index is 1400. The Labute approximate surface area is 209 Å². The minimum absolute atomic E-state index is 0.231. The van der Waals surface area contributed by atoms with Crippen LogP contribution >= 0.6 is 0 Å². The molecule has 36 heavy (non-hydrogen) atoms. The Hall–Kier alpha value is -4.01. The second kappa shape index (κ2) is 10.3. The van der Waals surface area contributed by atoms with E-state index in [4.69, 9.17) is 14.2 Å². The first-order chi connectivity index (χ1) is 17.6. The Morgan fingerprint density at radius 3 is 2.50 bits per heavy atom. The molecule has 9 heteroatoms. The van der Waals surface area contributed by atoms with E-state index in [1.165, 1.54) is 10.6 Å². The third-order valence-electron chi connectivity index (χ3n) is 6.20. The van der Waals surface area contributed by atoms with E-state index in [9.17, 15) is 4.79 Å². The molecule has 9 nitrogen and oxygen atoms in total. The fraction of sp³-hybridized carbons (Fsp3) is 0.370. The summed E-state index contributed by atoms with van der Waals surface area (Å²) in [6, 6.07) is 14.8. The molecule has 0 aliphatic heterocycles. The molecule has 2 heterocycles. The van der Waals surface area contributed by atoms with Gasteiger partial charge in [-0.15, -0.1) is 0 Å². The molecule has 0 amide bonds. The number of aromatic nitrogens is 4. The van der Waals surface area contributed by atoms with E-state index < -0.39 is 0 Å². The van der Waals surface area contributed by atoms with Crippen LogP contribution in [0.3, 0.4) is 0 Å². The molecule has 1 aliphatic rings. The quantitative estimate of drug-likeness (QED) is 0.316. The van der Waals surface area contributed by atoms with Crippen molar-refractivity contribution in [3.05, 3.63) is 64.6 Å². The minimum Gasteiger partial charge on any atom is -0.494 e. The summed E-state index contributed by atoms with van der Waals surface area (Å²) < 4.78 is 18.7. The number of nitrogens with one attached hydrogen (secondary N) is 2. The van der Waals surface area contributed by atoms with Crippen molar-refractivity contribution in [2.75, 3.05) is 18.5 Å². The summed E-state index contributed by atoms with van der Waals surface area (Å²) in [7, 11) is 0. The van der Waals surface area contributed by atoms with Crippen LogP contribution in [0.2, 0.25) is 0 Å². The van der Waals surface area contributed by atoms with E-state index in [0.29, 0.717) is 54.8 Å². The molecule has 2 aromatic heterocycles. The molecule has 4 aromatic rings. The van der Waals surface area contributed by atoms with Gasteiger partial charge in [-0.05, 0) is 69.0 Å². The lowest BCUT2D eigenvalue weighted by atomic mass is 10.2. The molecular weight excluding hydrogens is 458 g/mol. The van der Waals surface area contributed by atoms with Gasteiger partial charge in [-0.3, -0.25) is 9.89 Å². The van der Waals surface area contributed by atoms with Gasteiger partial charge in [0, 0.05) is 17.7 Å². The molecule has 1 aliphatic carbocycles. The third kappa shape index (κ3) is 5.15. The van der Waals surface area contributed by atoms with Crippen molar-refractivity contribution >= 4 is 11.5 Å². The van der Waals surface area contributed by atoms with Gasteiger partial charge in [-0.1, -0.05) is 6.92 Å². The van der Waals surface area contributed by atoms with Crippen molar-refractivity contribution < 1.29 is 14.2 Å². The van der Waals surface area contributed by atoms with Crippen molar-refractivity contribution in [1.82, 2.24) is 19.6 Å². The maximum atomic E-state index is 12.7. The van der Waals surface area contributed by atoms with Crippen LogP contribution < -0.4 is 25.1 Å². The van der Waals surface area contributed by atoms with Crippen LogP contribution in [0, 0.1) is 5.92 Å². The van der Waals surface area contributed by atoms with Gasteiger partial charge < -0.3 is 19.5 Å². The lowest BCUT2D eigenvalue weighted by Crippen LogP contribution is -2.17. The zero-order valence-corrected chi connectivity index (χ0v) is 20.8. The van der Waals surface area contributed by atoms with Gasteiger partial charge in [0.2, 0.25) is 0 Å². The first-order valence-electron chi connectivity index (χ1n) is 12.5. The molecule has 0 saturated heterocycles. The Morgan fingerprint density at radius 2 is 1.78 bits per heavy atom. The van der Waals surface area contributed by atoms with Crippen LogP contribution in [0.15, 0.2) is 53.3 Å². The number of nitrogens with zero attached hydrogens (tertiary/aromatic N) is 3.